The number of allylic oxidation sites excluding steroid dienone is 5. The number of likely N-dealkylation sites (N-methyl/N-ethyl adjacent to an activating group) is 1. The molecule has 1 unspecified atom stereocenters. The van der Waals surface area contributed by atoms with E-state index in [0.717, 1.165) is 48.1 Å². The van der Waals surface area contributed by atoms with E-state index < -0.39 is 78.1 Å². The number of benzene rings is 1. The fourth-order valence-electron chi connectivity index (χ4n) is 8.99. The van der Waals surface area contributed by atoms with Crippen molar-refractivity contribution < 1.29 is 76.5 Å². The minimum Gasteiger partial charge on any atom is -0.495 e. The van der Waals surface area contributed by atoms with Crippen molar-refractivity contribution in [2.24, 2.45) is 17.6 Å². The van der Waals surface area contributed by atoms with Crippen molar-refractivity contribution in [2.45, 2.75) is 134 Å². The third-order valence-corrected chi connectivity index (χ3v) is 14.2. The fourth-order valence-corrected chi connectivity index (χ4v) is 9.30. The van der Waals surface area contributed by atoms with Crippen LogP contribution in [0.1, 0.15) is 90.5 Å². The van der Waals surface area contributed by atoms with E-state index in [1.165, 1.54) is 26.1 Å². The molecule has 5 amide bonds. The predicted molar refractivity (Wildman–Crippen MR) is 284 cm³/mol. The molecule has 2 saturated heterocycles. The molecular formula is C54H81ClN6O16. The van der Waals surface area contributed by atoms with Crippen LogP contribution in [0, 0.1) is 11.8 Å². The molecule has 22 nitrogen and oxygen atoms in total. The number of nitrogens with two attached hydrogens (primary N) is 1. The predicted octanol–water partition coefficient (Wildman–Crippen LogP) is 4.61. The van der Waals surface area contributed by atoms with Gasteiger partial charge in [-0.05, 0) is 69.6 Å². The van der Waals surface area contributed by atoms with Crippen molar-refractivity contribution in [2.75, 3.05) is 92.0 Å². The molecule has 0 spiro atoms. The number of fused-ring (bicyclic) bond motifs is 5. The average Bonchev–Trinajstić information content (AvgIpc) is 4.22. The topological polar surface area (TPSA) is 278 Å². The Kier molecular flexibility index (Phi) is 25.9. The van der Waals surface area contributed by atoms with Crippen LogP contribution in [-0.4, -0.2) is 175 Å². The third kappa shape index (κ3) is 20.4. The van der Waals surface area contributed by atoms with Crippen LogP contribution in [-0.2, 0) is 63.5 Å². The van der Waals surface area contributed by atoms with Gasteiger partial charge in [-0.3, -0.25) is 19.7 Å². The van der Waals surface area contributed by atoms with Crippen molar-refractivity contribution in [3.8, 4) is 5.75 Å². The van der Waals surface area contributed by atoms with Gasteiger partial charge in [0.1, 0.15) is 40.9 Å². The van der Waals surface area contributed by atoms with Crippen LogP contribution in [0.3, 0.4) is 0 Å². The molecule has 430 valence electrons. The molecule has 4 bridgehead atoms. The van der Waals surface area contributed by atoms with E-state index in [1.807, 2.05) is 19.1 Å². The van der Waals surface area contributed by atoms with Crippen molar-refractivity contribution in [3.63, 3.8) is 0 Å². The zero-order valence-corrected chi connectivity index (χ0v) is 46.2. The number of nitrogens with zero attached hydrogens (tertiary/aromatic N) is 2. The summed E-state index contributed by atoms with van der Waals surface area (Å²) in [5, 5.41) is 19.9. The van der Waals surface area contributed by atoms with E-state index in [4.69, 9.17) is 60.0 Å². The zero-order valence-electron chi connectivity index (χ0n) is 45.4. The molecule has 23 heteroatoms. The number of carbonyl (C=O) groups excluding carboxylic acids is 6. The van der Waals surface area contributed by atoms with Gasteiger partial charge in [-0.25, -0.2) is 14.4 Å². The van der Waals surface area contributed by atoms with Crippen molar-refractivity contribution in [3.05, 3.63) is 58.7 Å². The highest BCUT2D eigenvalue weighted by atomic mass is 35.5. The van der Waals surface area contributed by atoms with Gasteiger partial charge in [-0.1, -0.05) is 61.4 Å². The van der Waals surface area contributed by atoms with Gasteiger partial charge >= 0.3 is 18.2 Å². The summed E-state index contributed by atoms with van der Waals surface area (Å²) in [7, 11) is 4.36. The largest absolute Gasteiger partial charge is 0.495 e. The number of carbonyl (C=O) groups is 6. The maximum atomic E-state index is 14.1. The van der Waals surface area contributed by atoms with Crippen molar-refractivity contribution >= 4 is 53.2 Å². The monoisotopic (exact) mass is 1100 g/mol. The Labute approximate surface area is 456 Å². The summed E-state index contributed by atoms with van der Waals surface area (Å²) < 4.78 is 50.7. The van der Waals surface area contributed by atoms with Crippen LogP contribution in [0.25, 0.3) is 0 Å². The highest BCUT2D eigenvalue weighted by molar-refractivity contribution is 6.35. The number of nitrogens with one attached hydrogen (secondary N) is 3. The molecular weight excluding hydrogens is 1020 g/mol. The van der Waals surface area contributed by atoms with Gasteiger partial charge in [0.15, 0.2) is 6.17 Å². The Morgan fingerprint density at radius 2 is 1.62 bits per heavy atom. The lowest BCUT2D eigenvalue weighted by Crippen LogP contribution is -2.60. The summed E-state index contributed by atoms with van der Waals surface area (Å²) in [6, 6.07) is 3.55. The zero-order chi connectivity index (χ0) is 55.9. The van der Waals surface area contributed by atoms with Gasteiger partial charge in [0.05, 0.1) is 78.2 Å². The number of alkyl carbamates (subject to hydrolysis) is 2. The Hall–Kier alpha value is -5.33. The Bertz CT molecular complexity index is 2220. The number of hydrogen-bond acceptors (Lipinski definition) is 17. The first-order valence-corrected chi connectivity index (χ1v) is 27.0. The third-order valence-electron chi connectivity index (χ3n) is 13.9. The quantitative estimate of drug-likeness (QED) is 0.0236. The van der Waals surface area contributed by atoms with Gasteiger partial charge in [-0.2, -0.15) is 0 Å². The summed E-state index contributed by atoms with van der Waals surface area (Å²) in [4.78, 5) is 80.8. The van der Waals surface area contributed by atoms with Crippen LogP contribution in [0.2, 0.25) is 5.02 Å². The molecule has 3 heterocycles. The number of hydrogen-bond donors (Lipinski definition) is 5. The average molecular weight is 1110 g/mol. The lowest BCUT2D eigenvalue weighted by atomic mass is 9.84. The first-order chi connectivity index (χ1) is 36.9. The molecule has 0 aromatic heterocycles. The summed E-state index contributed by atoms with van der Waals surface area (Å²) >= 11 is 6.77. The Morgan fingerprint density at radius 3 is 2.34 bits per heavy atom. The molecule has 1 aromatic rings. The van der Waals surface area contributed by atoms with Crippen LogP contribution in [0.15, 0.2) is 48.1 Å². The van der Waals surface area contributed by atoms with Crippen LogP contribution in [0.4, 0.5) is 15.3 Å². The van der Waals surface area contributed by atoms with Crippen LogP contribution in [0.5, 0.6) is 5.75 Å². The second-order valence-electron chi connectivity index (χ2n) is 19.8. The minimum atomic E-state index is -1.66. The molecule has 77 heavy (non-hydrogen) atoms. The molecule has 6 N–H and O–H groups in total. The number of rotatable bonds is 24. The van der Waals surface area contributed by atoms with E-state index >= 15 is 0 Å². The van der Waals surface area contributed by atoms with Crippen LogP contribution < -0.4 is 31.3 Å². The fraction of sp³-hybridized carbons (Fsp3) is 0.667. The molecule has 9 atom stereocenters. The maximum absolute atomic E-state index is 14.1. The number of halogens is 1. The Morgan fingerprint density at radius 1 is 0.935 bits per heavy atom. The number of ether oxygens (including phenoxy) is 9. The lowest BCUT2D eigenvalue weighted by molar-refractivity contribution is -0.160. The Balaban J connectivity index is 0.998. The van der Waals surface area contributed by atoms with Gasteiger partial charge in [0.2, 0.25) is 17.7 Å². The molecule has 1 aliphatic carbocycles. The summed E-state index contributed by atoms with van der Waals surface area (Å²) in [6.07, 6.45) is 8.44. The molecule has 0 radical (unpaired) electrons. The number of anilines is 1. The number of amides is 5. The standard InChI is InChI=1S/C54H81ClN6O16/c1-35-14-12-15-36(2)54(68)34-43(76-53(67)59-54)37(3)48-49(77-48)42(33-46(64)60(4)40-31-38(30-35)32-41(69-6)47(40)55)75-51(65)50(56)61(5)45(63)18-13-20-57-44(62)19-22-70-24-26-72-28-29-73-27-25-71-23-21-58-52(66)74-39-16-10-8-7-9-11-17-39/h7-8,12,14-15,31-32,36-37,39,42-43,48-50,68H,9-11,13,16-30,33-34,56H2,1-6H3,(H,57,62)(H,58,66)(H,59,67)/b8-7+,15-12+,35-14+/t36-,37-,39?,42+,43+,48+,49+,50-,54+/m1/s1. The highest BCUT2D eigenvalue weighted by Gasteiger charge is 2.56. The molecule has 2 fully saturated rings. The number of aliphatic hydroxyl groups is 1. The van der Waals surface area contributed by atoms with E-state index in [-0.39, 0.29) is 68.9 Å². The van der Waals surface area contributed by atoms with Gasteiger partial charge < -0.3 is 73.9 Å². The number of esters is 1. The second-order valence-corrected chi connectivity index (χ2v) is 20.2. The second kappa shape index (κ2) is 31.9. The molecule has 4 aliphatic rings. The SMILES string of the molecule is COc1cc2cc(c1Cl)N(C)C(=O)C[C@H](OC(=O)[C@H](N)N(C)C(=O)CCCNC(=O)CCOCCOCCOCCOCCNC(=O)OC1CC/C=C/CCC1)[C@@H]1O[C@H]1[C@H](C)[C@@H]1C[C@@](O)(NC(=O)O1)[C@H](C)/C=C/C=C(\C)C2. The number of epoxide rings is 1. The summed E-state index contributed by atoms with van der Waals surface area (Å²) in [5.74, 6) is -2.96. The highest BCUT2D eigenvalue weighted by Crippen LogP contribution is 2.42. The van der Waals surface area contributed by atoms with E-state index in [9.17, 15) is 33.9 Å². The van der Waals surface area contributed by atoms with E-state index in [1.54, 1.807) is 32.1 Å². The van der Waals surface area contributed by atoms with Gasteiger partial charge in [0.25, 0.3) is 0 Å². The van der Waals surface area contributed by atoms with E-state index in [2.05, 4.69) is 28.1 Å². The summed E-state index contributed by atoms with van der Waals surface area (Å²) in [5.41, 5.74) is 6.72. The first kappa shape index (κ1) is 62.5. The van der Waals surface area contributed by atoms with Gasteiger partial charge in [0, 0.05) is 58.3 Å². The minimum absolute atomic E-state index is 0.0160. The molecule has 0 saturated carbocycles. The van der Waals surface area contributed by atoms with Gasteiger partial charge in [-0.15, -0.1) is 0 Å². The molecule has 1 aromatic carbocycles. The molecule has 5 rings (SSSR count). The van der Waals surface area contributed by atoms with Crippen molar-refractivity contribution in [1.29, 1.82) is 0 Å². The smallest absolute Gasteiger partial charge is 0.409 e. The van der Waals surface area contributed by atoms with Crippen LogP contribution >= 0.6 is 11.6 Å². The molecule has 3 aliphatic heterocycles. The van der Waals surface area contributed by atoms with Crippen molar-refractivity contribution in [1.82, 2.24) is 20.9 Å². The maximum Gasteiger partial charge on any atom is 0.409 e. The summed E-state index contributed by atoms with van der Waals surface area (Å²) in [6.45, 7) is 8.59. The lowest BCUT2D eigenvalue weighted by Gasteiger charge is -2.41. The van der Waals surface area contributed by atoms with E-state index in [0.29, 0.717) is 64.0 Å². The first-order valence-electron chi connectivity index (χ1n) is 26.6. The number of methoxy groups -OCH3 is 1. The normalized spacial score (nSPS) is 26.6.